The van der Waals surface area contributed by atoms with E-state index in [1.807, 2.05) is 0 Å². The highest BCUT2D eigenvalue weighted by Gasteiger charge is 2.28. The van der Waals surface area contributed by atoms with E-state index in [1.54, 1.807) is 24.3 Å². The van der Waals surface area contributed by atoms with E-state index in [-0.39, 0.29) is 0 Å². The third kappa shape index (κ3) is 2.40. The monoisotopic (exact) mass is 314 g/mol. The third-order valence-corrected chi connectivity index (χ3v) is 4.26. The second kappa shape index (κ2) is 5.78. The fraction of sp³-hybridized carbons (Fsp3) is 0.0476. The number of rotatable bonds is 0. The van der Waals surface area contributed by atoms with Gasteiger partial charge in [0.15, 0.2) is 0 Å². The molecule has 3 heteroatoms. The van der Waals surface area contributed by atoms with Gasteiger partial charge in [-0.15, -0.1) is 0 Å². The van der Waals surface area contributed by atoms with Crippen LogP contribution in [0.1, 0.15) is 31.8 Å². The standard InChI is InChI=1S/C13H10.C8H4O3/c1-3-7-12-10(5-1)9-11-6-2-4-8-13(11)12;9-7-5-3-1-2-4-6(5)8(10)11-7/h1-8H,9H2;1-4H. The summed E-state index contributed by atoms with van der Waals surface area (Å²) < 4.78 is 4.35. The highest BCUT2D eigenvalue weighted by molar-refractivity contribution is 6.14. The zero-order chi connectivity index (χ0) is 16.5. The normalized spacial score (nSPS) is 13.3. The number of benzene rings is 3. The van der Waals surface area contributed by atoms with Gasteiger partial charge in [-0.05, 0) is 40.8 Å². The molecule has 3 aromatic rings. The maximum atomic E-state index is 10.8. The molecule has 116 valence electrons. The van der Waals surface area contributed by atoms with Crippen molar-refractivity contribution in [2.45, 2.75) is 6.42 Å². The lowest BCUT2D eigenvalue weighted by Crippen LogP contribution is -1.96. The van der Waals surface area contributed by atoms with Gasteiger partial charge in [0.1, 0.15) is 0 Å². The van der Waals surface area contributed by atoms with Gasteiger partial charge in [-0.2, -0.15) is 0 Å². The average Bonchev–Trinajstić information content (AvgIpc) is 3.14. The Bertz CT molecular complexity index is 880. The van der Waals surface area contributed by atoms with Crippen LogP contribution in [0, 0.1) is 0 Å². The first-order valence-corrected chi connectivity index (χ1v) is 7.76. The van der Waals surface area contributed by atoms with E-state index in [2.05, 4.69) is 53.3 Å². The number of carbonyl (C=O) groups excluding carboxylic acids is 2. The van der Waals surface area contributed by atoms with Gasteiger partial charge in [-0.3, -0.25) is 0 Å². The summed E-state index contributed by atoms with van der Waals surface area (Å²) in [4.78, 5) is 21.7. The molecule has 1 aliphatic carbocycles. The van der Waals surface area contributed by atoms with Crippen molar-refractivity contribution in [1.29, 1.82) is 0 Å². The van der Waals surface area contributed by atoms with Gasteiger partial charge in [0, 0.05) is 0 Å². The zero-order valence-corrected chi connectivity index (χ0v) is 12.9. The van der Waals surface area contributed by atoms with Crippen molar-refractivity contribution in [2.75, 3.05) is 0 Å². The number of hydrogen-bond donors (Lipinski definition) is 0. The number of esters is 2. The molecule has 0 aromatic heterocycles. The molecule has 0 radical (unpaired) electrons. The van der Waals surface area contributed by atoms with Crippen molar-refractivity contribution in [3.05, 3.63) is 95.1 Å². The Labute approximate surface area is 139 Å². The van der Waals surface area contributed by atoms with Crippen LogP contribution in [0.4, 0.5) is 0 Å². The quantitative estimate of drug-likeness (QED) is 0.360. The average molecular weight is 314 g/mol. The first-order valence-electron chi connectivity index (χ1n) is 7.76. The van der Waals surface area contributed by atoms with Crippen LogP contribution in [-0.4, -0.2) is 11.9 Å². The summed E-state index contributed by atoms with van der Waals surface area (Å²) in [7, 11) is 0. The molecule has 24 heavy (non-hydrogen) atoms. The van der Waals surface area contributed by atoms with E-state index in [1.165, 1.54) is 22.3 Å². The maximum Gasteiger partial charge on any atom is 0.346 e. The minimum absolute atomic E-state index is 0.359. The van der Waals surface area contributed by atoms with Crippen LogP contribution < -0.4 is 0 Å². The van der Waals surface area contributed by atoms with E-state index >= 15 is 0 Å². The Morgan fingerprint density at radius 2 is 0.917 bits per heavy atom. The van der Waals surface area contributed by atoms with Crippen molar-refractivity contribution in [1.82, 2.24) is 0 Å². The number of hydrogen-bond acceptors (Lipinski definition) is 3. The highest BCUT2D eigenvalue weighted by Crippen LogP contribution is 2.35. The van der Waals surface area contributed by atoms with Crippen LogP contribution in [0.2, 0.25) is 0 Å². The second-order valence-corrected chi connectivity index (χ2v) is 5.71. The Kier molecular flexibility index (Phi) is 3.47. The molecule has 0 saturated heterocycles. The first-order chi connectivity index (χ1) is 11.7. The molecule has 1 heterocycles. The lowest BCUT2D eigenvalue weighted by atomic mass is 10.1. The zero-order valence-electron chi connectivity index (χ0n) is 12.9. The smallest absolute Gasteiger partial charge is 0.346 e. The summed E-state index contributed by atoms with van der Waals surface area (Å²) in [5, 5.41) is 0. The van der Waals surface area contributed by atoms with Crippen LogP contribution >= 0.6 is 0 Å². The number of carbonyl (C=O) groups is 2. The van der Waals surface area contributed by atoms with Crippen LogP contribution in [0.5, 0.6) is 0 Å². The molecule has 0 fully saturated rings. The van der Waals surface area contributed by atoms with E-state index < -0.39 is 11.9 Å². The molecular formula is C21H14O3. The van der Waals surface area contributed by atoms with Gasteiger partial charge < -0.3 is 4.74 Å². The topological polar surface area (TPSA) is 43.4 Å². The summed E-state index contributed by atoms with van der Waals surface area (Å²) in [5.41, 5.74) is 6.47. The number of fused-ring (bicyclic) bond motifs is 4. The lowest BCUT2D eigenvalue weighted by molar-refractivity contribution is 0.0444. The molecule has 0 saturated carbocycles. The summed E-state index contributed by atoms with van der Waals surface area (Å²) in [6.07, 6.45) is 1.10. The fourth-order valence-electron chi connectivity index (χ4n) is 3.11. The Hall–Kier alpha value is -3.20. The van der Waals surface area contributed by atoms with Crippen molar-refractivity contribution in [2.24, 2.45) is 0 Å². The predicted molar refractivity (Wildman–Crippen MR) is 90.9 cm³/mol. The molecule has 5 rings (SSSR count). The van der Waals surface area contributed by atoms with Gasteiger partial charge in [0.2, 0.25) is 0 Å². The summed E-state index contributed by atoms with van der Waals surface area (Å²) in [5.74, 6) is -1.10. The number of cyclic esters (lactones) is 2. The summed E-state index contributed by atoms with van der Waals surface area (Å²) in [6.45, 7) is 0. The van der Waals surface area contributed by atoms with Crippen molar-refractivity contribution in [3.8, 4) is 11.1 Å². The molecule has 0 amide bonds. The van der Waals surface area contributed by atoms with E-state index in [4.69, 9.17) is 0 Å². The Morgan fingerprint density at radius 1 is 0.542 bits per heavy atom. The van der Waals surface area contributed by atoms with Gasteiger partial charge in [0.25, 0.3) is 0 Å². The Morgan fingerprint density at radius 3 is 1.38 bits per heavy atom. The maximum absolute atomic E-state index is 10.8. The van der Waals surface area contributed by atoms with E-state index in [0.29, 0.717) is 11.1 Å². The van der Waals surface area contributed by atoms with Crippen molar-refractivity contribution < 1.29 is 14.3 Å². The van der Waals surface area contributed by atoms with Crippen molar-refractivity contribution >= 4 is 11.9 Å². The van der Waals surface area contributed by atoms with E-state index in [9.17, 15) is 9.59 Å². The fourth-order valence-corrected chi connectivity index (χ4v) is 3.11. The van der Waals surface area contributed by atoms with Crippen LogP contribution in [-0.2, 0) is 11.2 Å². The first kappa shape index (κ1) is 14.4. The second-order valence-electron chi connectivity index (χ2n) is 5.71. The molecule has 2 aliphatic rings. The lowest BCUT2D eigenvalue weighted by Gasteiger charge is -1.98. The van der Waals surface area contributed by atoms with Gasteiger partial charge in [-0.1, -0.05) is 60.7 Å². The van der Waals surface area contributed by atoms with E-state index in [0.717, 1.165) is 6.42 Å². The SMILES string of the molecule is O=C1OC(=O)c2ccccc21.c1ccc2c(c1)Cc1ccccc1-2. The minimum Gasteiger partial charge on any atom is -0.386 e. The summed E-state index contributed by atoms with van der Waals surface area (Å²) >= 11 is 0. The highest BCUT2D eigenvalue weighted by atomic mass is 16.6. The Balaban J connectivity index is 0.000000123. The molecule has 0 atom stereocenters. The molecule has 0 unspecified atom stereocenters. The molecule has 0 bridgehead atoms. The number of ether oxygens (including phenoxy) is 1. The van der Waals surface area contributed by atoms with Crippen LogP contribution in [0.25, 0.3) is 11.1 Å². The third-order valence-electron chi connectivity index (χ3n) is 4.26. The molecule has 0 spiro atoms. The largest absolute Gasteiger partial charge is 0.386 e. The van der Waals surface area contributed by atoms with Gasteiger partial charge in [0.05, 0.1) is 11.1 Å². The molecule has 1 aliphatic heterocycles. The van der Waals surface area contributed by atoms with Crippen LogP contribution in [0.3, 0.4) is 0 Å². The van der Waals surface area contributed by atoms with Crippen LogP contribution in [0.15, 0.2) is 72.8 Å². The molecular weight excluding hydrogens is 300 g/mol. The van der Waals surface area contributed by atoms with Gasteiger partial charge in [-0.25, -0.2) is 9.59 Å². The molecule has 3 aromatic carbocycles. The predicted octanol–water partition coefficient (Wildman–Crippen LogP) is 4.26. The van der Waals surface area contributed by atoms with Gasteiger partial charge >= 0.3 is 11.9 Å². The van der Waals surface area contributed by atoms with Crippen molar-refractivity contribution in [3.63, 3.8) is 0 Å². The summed E-state index contributed by atoms with van der Waals surface area (Å²) in [6, 6.07) is 23.8. The minimum atomic E-state index is -0.550. The molecule has 0 N–H and O–H groups in total. The molecule has 3 nitrogen and oxygen atoms in total.